The lowest BCUT2D eigenvalue weighted by molar-refractivity contribution is -0.172. The molecule has 2 saturated heterocycles. The predicted molar refractivity (Wildman–Crippen MR) is 91.7 cm³/mol. The third-order valence-electron chi connectivity index (χ3n) is 6.03. The molecule has 1 N–H and O–H groups in total. The van der Waals surface area contributed by atoms with Crippen molar-refractivity contribution in [3.05, 3.63) is 11.6 Å². The number of esters is 2. The van der Waals surface area contributed by atoms with Crippen LogP contribution in [0.5, 0.6) is 0 Å². The molecule has 0 radical (unpaired) electrons. The zero-order valence-corrected chi connectivity index (χ0v) is 15.4. The normalized spacial score (nSPS) is 39.8. The van der Waals surface area contributed by atoms with Crippen LogP contribution in [0.4, 0.5) is 0 Å². The molecular weight excluding hydrogens is 322 g/mol. The van der Waals surface area contributed by atoms with E-state index in [2.05, 4.69) is 4.90 Å². The van der Waals surface area contributed by atoms with Crippen molar-refractivity contribution in [3.8, 4) is 0 Å². The SMILES string of the molecule is CCC[C@H]1C[C@H](C)[C@@](C)(O)C(=O)OCC2=CCN3CC[C@@H](OC1=O)[C@@H]23. The van der Waals surface area contributed by atoms with Crippen molar-refractivity contribution in [2.45, 2.75) is 64.2 Å². The lowest BCUT2D eigenvalue weighted by atomic mass is 9.82. The second-order valence-electron chi connectivity index (χ2n) is 7.83. The van der Waals surface area contributed by atoms with Crippen molar-refractivity contribution in [3.63, 3.8) is 0 Å². The summed E-state index contributed by atoms with van der Waals surface area (Å²) in [6.45, 7) is 7.11. The van der Waals surface area contributed by atoms with Crippen LogP contribution in [0, 0.1) is 11.8 Å². The van der Waals surface area contributed by atoms with Gasteiger partial charge in [-0.2, -0.15) is 0 Å². The molecule has 2 fully saturated rings. The number of rotatable bonds is 2. The van der Waals surface area contributed by atoms with Gasteiger partial charge in [0, 0.05) is 13.1 Å². The molecule has 3 aliphatic rings. The van der Waals surface area contributed by atoms with Crippen LogP contribution in [0.1, 0.15) is 46.5 Å². The molecular formula is C19H29NO5. The van der Waals surface area contributed by atoms with Crippen LogP contribution in [0.15, 0.2) is 11.6 Å². The highest BCUT2D eigenvalue weighted by Crippen LogP contribution is 2.35. The highest BCUT2D eigenvalue weighted by atomic mass is 16.6. The number of nitrogens with zero attached hydrogens (tertiary/aromatic N) is 1. The fourth-order valence-electron chi connectivity index (χ4n) is 4.20. The Balaban J connectivity index is 1.88. The van der Waals surface area contributed by atoms with Crippen LogP contribution in [-0.2, 0) is 19.1 Å². The molecule has 140 valence electrons. The fourth-order valence-corrected chi connectivity index (χ4v) is 4.20. The molecule has 25 heavy (non-hydrogen) atoms. The number of hydrogen-bond acceptors (Lipinski definition) is 6. The average molecular weight is 351 g/mol. The summed E-state index contributed by atoms with van der Waals surface area (Å²) in [5.74, 6) is -1.51. The number of aliphatic hydroxyl groups is 1. The summed E-state index contributed by atoms with van der Waals surface area (Å²) in [5, 5.41) is 10.7. The Morgan fingerprint density at radius 3 is 2.88 bits per heavy atom. The van der Waals surface area contributed by atoms with E-state index in [4.69, 9.17) is 9.47 Å². The first-order chi connectivity index (χ1) is 11.8. The van der Waals surface area contributed by atoms with Crippen LogP contribution in [0.2, 0.25) is 0 Å². The van der Waals surface area contributed by atoms with Gasteiger partial charge in [-0.05, 0) is 37.7 Å². The Bertz CT molecular complexity index is 570. The Morgan fingerprint density at radius 2 is 2.16 bits per heavy atom. The van der Waals surface area contributed by atoms with Crippen LogP contribution in [-0.4, -0.2) is 59.4 Å². The number of carbonyl (C=O) groups excluding carboxylic acids is 2. The molecule has 6 heteroatoms. The molecule has 0 aromatic carbocycles. The molecule has 0 spiro atoms. The first-order valence-electron chi connectivity index (χ1n) is 9.37. The minimum Gasteiger partial charge on any atom is -0.460 e. The van der Waals surface area contributed by atoms with Crippen molar-refractivity contribution in [1.82, 2.24) is 4.90 Å². The lowest BCUT2D eigenvalue weighted by Gasteiger charge is -2.33. The molecule has 0 aliphatic carbocycles. The van der Waals surface area contributed by atoms with Gasteiger partial charge in [0.05, 0.1) is 12.0 Å². The molecule has 3 aliphatic heterocycles. The molecule has 6 nitrogen and oxygen atoms in total. The van der Waals surface area contributed by atoms with Gasteiger partial charge in [-0.3, -0.25) is 9.69 Å². The van der Waals surface area contributed by atoms with Crippen LogP contribution >= 0.6 is 0 Å². The van der Waals surface area contributed by atoms with Gasteiger partial charge in [0.2, 0.25) is 0 Å². The Hall–Kier alpha value is -1.40. The lowest BCUT2D eigenvalue weighted by Crippen LogP contribution is -2.46. The van der Waals surface area contributed by atoms with Gasteiger partial charge in [-0.15, -0.1) is 0 Å². The first-order valence-corrected chi connectivity index (χ1v) is 9.37. The number of cyclic esters (lactones) is 1. The van der Waals surface area contributed by atoms with Gasteiger partial charge in [0.1, 0.15) is 12.7 Å². The topological polar surface area (TPSA) is 76.1 Å². The molecule has 0 amide bonds. The predicted octanol–water partition coefficient (Wildman–Crippen LogP) is 1.66. The molecule has 3 rings (SSSR count). The zero-order valence-electron chi connectivity index (χ0n) is 15.4. The van der Waals surface area contributed by atoms with Crippen molar-refractivity contribution in [2.75, 3.05) is 19.7 Å². The minimum absolute atomic E-state index is 0.000764. The van der Waals surface area contributed by atoms with Crippen LogP contribution < -0.4 is 0 Å². The van der Waals surface area contributed by atoms with E-state index >= 15 is 0 Å². The smallest absolute Gasteiger partial charge is 0.338 e. The third kappa shape index (κ3) is 3.47. The average Bonchev–Trinajstić information content (AvgIpc) is 3.14. The highest BCUT2D eigenvalue weighted by Gasteiger charge is 2.45. The molecule has 5 atom stereocenters. The van der Waals surface area contributed by atoms with Crippen molar-refractivity contribution in [2.24, 2.45) is 11.8 Å². The van der Waals surface area contributed by atoms with Crippen molar-refractivity contribution < 1.29 is 24.2 Å². The molecule has 0 aromatic rings. The Morgan fingerprint density at radius 1 is 1.40 bits per heavy atom. The summed E-state index contributed by atoms with van der Waals surface area (Å²) in [6.07, 6.45) is 4.65. The van der Waals surface area contributed by atoms with Crippen LogP contribution in [0.3, 0.4) is 0 Å². The zero-order chi connectivity index (χ0) is 18.2. The van der Waals surface area contributed by atoms with Gasteiger partial charge in [-0.1, -0.05) is 26.3 Å². The monoisotopic (exact) mass is 351 g/mol. The van der Waals surface area contributed by atoms with Crippen molar-refractivity contribution in [1.29, 1.82) is 0 Å². The fraction of sp³-hybridized carbons (Fsp3) is 0.789. The molecule has 0 saturated carbocycles. The van der Waals surface area contributed by atoms with Crippen LogP contribution in [0.25, 0.3) is 0 Å². The Labute approximate surface area is 149 Å². The summed E-state index contributed by atoms with van der Waals surface area (Å²) < 4.78 is 11.3. The van der Waals surface area contributed by atoms with Gasteiger partial charge in [-0.25, -0.2) is 4.79 Å². The van der Waals surface area contributed by atoms with E-state index in [-0.39, 0.29) is 30.6 Å². The quantitative estimate of drug-likeness (QED) is 0.602. The maximum absolute atomic E-state index is 12.8. The minimum atomic E-state index is -1.61. The second kappa shape index (κ2) is 7.08. The van der Waals surface area contributed by atoms with E-state index in [1.807, 2.05) is 13.0 Å². The second-order valence-corrected chi connectivity index (χ2v) is 7.83. The van der Waals surface area contributed by atoms with E-state index in [1.165, 1.54) is 6.92 Å². The summed E-state index contributed by atoms with van der Waals surface area (Å²) >= 11 is 0. The number of carbonyl (C=O) groups is 2. The summed E-state index contributed by atoms with van der Waals surface area (Å²) in [6, 6.07) is 0.000764. The maximum atomic E-state index is 12.8. The molecule has 0 aromatic heterocycles. The highest BCUT2D eigenvalue weighted by molar-refractivity contribution is 5.79. The first kappa shape index (κ1) is 18.4. The largest absolute Gasteiger partial charge is 0.460 e. The molecule has 0 unspecified atom stereocenters. The standard InChI is InChI=1S/C19H29NO5/c1-4-5-13-10-12(2)19(3,23)18(22)24-11-14-6-8-20-9-7-15(16(14)20)25-17(13)21/h6,12-13,15-16,23H,4-5,7-11H2,1-3H3/t12-,13-,15+,16+,19+/m0/s1. The van der Waals surface area contributed by atoms with E-state index in [9.17, 15) is 14.7 Å². The van der Waals surface area contributed by atoms with E-state index in [1.54, 1.807) is 6.92 Å². The van der Waals surface area contributed by atoms with Gasteiger partial charge < -0.3 is 14.6 Å². The molecule has 3 heterocycles. The third-order valence-corrected chi connectivity index (χ3v) is 6.03. The number of ether oxygens (including phenoxy) is 2. The number of hydrogen-bond donors (Lipinski definition) is 1. The van der Waals surface area contributed by atoms with E-state index in [0.29, 0.717) is 12.8 Å². The summed E-state index contributed by atoms with van der Waals surface area (Å²) in [5.41, 5.74) is -0.640. The Kier molecular flexibility index (Phi) is 5.21. The van der Waals surface area contributed by atoms with E-state index in [0.717, 1.165) is 31.5 Å². The van der Waals surface area contributed by atoms with Gasteiger partial charge in [0.15, 0.2) is 5.60 Å². The van der Waals surface area contributed by atoms with E-state index < -0.39 is 17.5 Å². The van der Waals surface area contributed by atoms with Gasteiger partial charge in [0.25, 0.3) is 0 Å². The van der Waals surface area contributed by atoms with Crippen molar-refractivity contribution >= 4 is 11.9 Å². The van der Waals surface area contributed by atoms with Gasteiger partial charge >= 0.3 is 11.9 Å². The summed E-state index contributed by atoms with van der Waals surface area (Å²) in [7, 11) is 0. The maximum Gasteiger partial charge on any atom is 0.338 e. The summed E-state index contributed by atoms with van der Waals surface area (Å²) in [4.78, 5) is 27.5. The molecule has 0 bridgehead atoms.